The van der Waals surface area contributed by atoms with Gasteiger partial charge in [-0.05, 0) is 49.1 Å². The van der Waals surface area contributed by atoms with Crippen molar-refractivity contribution in [2.75, 3.05) is 37.6 Å². The first-order valence-corrected chi connectivity index (χ1v) is 13.0. The number of allylic oxidation sites excluding steroid dienone is 1. The second-order valence-corrected chi connectivity index (χ2v) is 10.5. The first-order chi connectivity index (χ1) is 17.5. The molecular weight excluding hydrogens is 455 g/mol. The van der Waals surface area contributed by atoms with Gasteiger partial charge in [-0.2, -0.15) is 0 Å². The minimum absolute atomic E-state index is 0.249. The Kier molecular flexibility index (Phi) is 7.41. The van der Waals surface area contributed by atoms with Crippen LogP contribution in [0, 0.1) is 29.5 Å². The predicted octanol–water partition coefficient (Wildman–Crippen LogP) is 4.89. The van der Waals surface area contributed by atoms with Gasteiger partial charge < -0.3 is 9.32 Å². The van der Waals surface area contributed by atoms with Crippen molar-refractivity contribution in [3.8, 4) is 11.5 Å². The van der Waals surface area contributed by atoms with Gasteiger partial charge in [-0.1, -0.05) is 37.6 Å². The van der Waals surface area contributed by atoms with Crippen LogP contribution in [0.4, 0.5) is 10.2 Å². The lowest BCUT2D eigenvalue weighted by atomic mass is 9.69. The first-order valence-electron chi connectivity index (χ1n) is 13.0. The van der Waals surface area contributed by atoms with E-state index in [0.29, 0.717) is 41.5 Å². The third-order valence-electron chi connectivity index (χ3n) is 7.79. The van der Waals surface area contributed by atoms with Gasteiger partial charge in [-0.15, -0.1) is 10.2 Å². The van der Waals surface area contributed by atoms with Gasteiger partial charge in [0.1, 0.15) is 11.6 Å². The average Bonchev–Trinajstić information content (AvgIpc) is 3.35. The van der Waals surface area contributed by atoms with Crippen LogP contribution in [0.5, 0.6) is 0 Å². The van der Waals surface area contributed by atoms with E-state index in [-0.39, 0.29) is 11.7 Å². The number of anilines is 1. The molecule has 1 fully saturated rings. The summed E-state index contributed by atoms with van der Waals surface area (Å²) in [6.45, 7) is 12.0. The molecule has 2 aliphatic rings. The summed E-state index contributed by atoms with van der Waals surface area (Å²) in [4.78, 5) is 13.6. The second kappa shape index (κ2) is 10.9. The standard InChI is InChI=1S/C28H35FN6O/c1-19(2)24-15-21(16-27-32-33-28(36-27)23-6-4-5-7-25(23)29)20(3)14-22(24)18-34-10-12-35(13-11-34)26-17-30-8-9-31-26/h4-9,14,17,19,21-22,24H,10-13,15-16,18H2,1-3H3/t21-,22-,24-/m0/s1. The minimum atomic E-state index is -0.346. The lowest BCUT2D eigenvalue weighted by Crippen LogP contribution is -2.49. The Labute approximate surface area is 212 Å². The number of halogens is 1. The molecule has 2 aromatic heterocycles. The maximum atomic E-state index is 14.1. The summed E-state index contributed by atoms with van der Waals surface area (Å²) >= 11 is 0. The van der Waals surface area contributed by atoms with Gasteiger partial charge in [-0.25, -0.2) is 9.37 Å². The fourth-order valence-electron chi connectivity index (χ4n) is 5.69. The average molecular weight is 491 g/mol. The van der Waals surface area contributed by atoms with Crippen molar-refractivity contribution in [2.24, 2.45) is 23.7 Å². The molecule has 3 aromatic rings. The molecule has 0 unspecified atom stereocenters. The Morgan fingerprint density at radius 2 is 1.89 bits per heavy atom. The molecule has 3 atom stereocenters. The third-order valence-corrected chi connectivity index (χ3v) is 7.79. The molecule has 1 saturated heterocycles. The molecule has 0 N–H and O–H groups in total. The van der Waals surface area contributed by atoms with Gasteiger partial charge >= 0.3 is 0 Å². The van der Waals surface area contributed by atoms with Crippen molar-refractivity contribution in [3.63, 3.8) is 0 Å². The van der Waals surface area contributed by atoms with Crippen LogP contribution in [0.2, 0.25) is 0 Å². The normalized spacial score (nSPS) is 23.2. The Balaban J connectivity index is 1.23. The molecular formula is C28H35FN6O. The zero-order valence-electron chi connectivity index (χ0n) is 21.3. The Hall–Kier alpha value is -3.13. The van der Waals surface area contributed by atoms with Crippen molar-refractivity contribution in [1.82, 2.24) is 25.1 Å². The highest BCUT2D eigenvalue weighted by molar-refractivity contribution is 5.53. The number of piperazine rings is 1. The third kappa shape index (κ3) is 5.48. The van der Waals surface area contributed by atoms with E-state index in [1.807, 2.05) is 6.20 Å². The van der Waals surface area contributed by atoms with Crippen LogP contribution in [0.15, 0.2) is 58.9 Å². The molecule has 7 nitrogen and oxygen atoms in total. The maximum Gasteiger partial charge on any atom is 0.250 e. The van der Waals surface area contributed by atoms with E-state index in [9.17, 15) is 4.39 Å². The molecule has 0 amide bonds. The van der Waals surface area contributed by atoms with Crippen molar-refractivity contribution in [2.45, 2.75) is 33.6 Å². The second-order valence-electron chi connectivity index (χ2n) is 10.5. The Morgan fingerprint density at radius 1 is 1.08 bits per heavy atom. The van der Waals surface area contributed by atoms with Gasteiger partial charge in [-0.3, -0.25) is 9.88 Å². The van der Waals surface area contributed by atoms with Crippen molar-refractivity contribution >= 4 is 5.82 Å². The van der Waals surface area contributed by atoms with Gasteiger partial charge in [0.15, 0.2) is 0 Å². The van der Waals surface area contributed by atoms with E-state index < -0.39 is 0 Å². The summed E-state index contributed by atoms with van der Waals surface area (Å²) in [7, 11) is 0. The van der Waals surface area contributed by atoms with Crippen molar-refractivity contribution in [1.29, 1.82) is 0 Å². The fraction of sp³-hybridized carbons (Fsp3) is 0.500. The van der Waals surface area contributed by atoms with Gasteiger partial charge in [0.05, 0.1) is 11.8 Å². The zero-order chi connectivity index (χ0) is 25.1. The fourth-order valence-corrected chi connectivity index (χ4v) is 5.69. The first kappa shape index (κ1) is 24.6. The topological polar surface area (TPSA) is 71.2 Å². The van der Waals surface area contributed by atoms with Crippen LogP contribution < -0.4 is 4.90 Å². The summed E-state index contributed by atoms with van der Waals surface area (Å²) in [5, 5.41) is 8.36. The smallest absolute Gasteiger partial charge is 0.250 e. The molecule has 1 aliphatic heterocycles. The lowest BCUT2D eigenvalue weighted by molar-refractivity contribution is 0.155. The predicted molar refractivity (Wildman–Crippen MR) is 138 cm³/mol. The van der Waals surface area contributed by atoms with E-state index >= 15 is 0 Å². The zero-order valence-corrected chi connectivity index (χ0v) is 21.3. The summed E-state index contributed by atoms with van der Waals surface area (Å²) in [5.41, 5.74) is 1.74. The number of nitrogens with zero attached hydrogens (tertiary/aromatic N) is 6. The van der Waals surface area contributed by atoms with Crippen LogP contribution in [-0.2, 0) is 6.42 Å². The lowest BCUT2D eigenvalue weighted by Gasteiger charge is -2.41. The monoisotopic (exact) mass is 490 g/mol. The number of hydrogen-bond acceptors (Lipinski definition) is 7. The van der Waals surface area contributed by atoms with E-state index in [4.69, 9.17) is 4.42 Å². The summed E-state index contributed by atoms with van der Waals surface area (Å²) in [6, 6.07) is 6.52. The van der Waals surface area contributed by atoms with E-state index in [1.54, 1.807) is 30.6 Å². The van der Waals surface area contributed by atoms with Crippen LogP contribution in [-0.4, -0.2) is 57.8 Å². The van der Waals surface area contributed by atoms with Crippen molar-refractivity contribution < 1.29 is 8.81 Å². The minimum Gasteiger partial charge on any atom is -0.421 e. The maximum absolute atomic E-state index is 14.1. The molecule has 1 aromatic carbocycles. The van der Waals surface area contributed by atoms with Gasteiger partial charge in [0.2, 0.25) is 5.89 Å². The quantitative estimate of drug-likeness (QED) is 0.437. The van der Waals surface area contributed by atoms with Gasteiger partial charge in [0.25, 0.3) is 5.89 Å². The molecule has 8 heteroatoms. The SMILES string of the molecule is CC1=C[C@@H](CN2CCN(c3cnccn3)CC2)[C@H](C(C)C)C[C@H]1Cc1nnc(-c2ccccc2F)o1. The highest BCUT2D eigenvalue weighted by Crippen LogP contribution is 2.39. The molecule has 190 valence electrons. The highest BCUT2D eigenvalue weighted by Gasteiger charge is 2.34. The molecule has 0 bridgehead atoms. The molecule has 0 saturated carbocycles. The van der Waals surface area contributed by atoms with E-state index in [0.717, 1.165) is 45.0 Å². The highest BCUT2D eigenvalue weighted by atomic mass is 19.1. The number of hydrogen-bond donors (Lipinski definition) is 0. The van der Waals surface area contributed by atoms with Crippen LogP contribution in [0.1, 0.15) is 33.1 Å². The van der Waals surface area contributed by atoms with Crippen LogP contribution >= 0.6 is 0 Å². The molecule has 1 aliphatic carbocycles. The van der Waals surface area contributed by atoms with Crippen LogP contribution in [0.3, 0.4) is 0 Å². The van der Waals surface area contributed by atoms with Crippen LogP contribution in [0.25, 0.3) is 11.5 Å². The summed E-state index contributed by atoms with van der Waals surface area (Å²) in [6.07, 6.45) is 9.61. The number of aromatic nitrogens is 4. The Bertz CT molecular complexity index is 1170. The summed E-state index contributed by atoms with van der Waals surface area (Å²) in [5.74, 6) is 3.50. The van der Waals surface area contributed by atoms with E-state index in [2.05, 4.69) is 56.8 Å². The number of benzene rings is 1. The Morgan fingerprint density at radius 3 is 2.61 bits per heavy atom. The van der Waals surface area contributed by atoms with Gasteiger partial charge in [0, 0.05) is 51.5 Å². The van der Waals surface area contributed by atoms with E-state index in [1.165, 1.54) is 11.6 Å². The summed E-state index contributed by atoms with van der Waals surface area (Å²) < 4.78 is 20.0. The number of rotatable bonds is 7. The largest absolute Gasteiger partial charge is 0.421 e. The molecule has 3 heterocycles. The molecule has 5 rings (SSSR count). The molecule has 0 spiro atoms. The molecule has 0 radical (unpaired) electrons. The van der Waals surface area contributed by atoms with Crippen molar-refractivity contribution in [3.05, 3.63) is 66.2 Å². The molecule has 36 heavy (non-hydrogen) atoms.